The van der Waals surface area contributed by atoms with E-state index < -0.39 is 5.97 Å². The van der Waals surface area contributed by atoms with Gasteiger partial charge in [-0.2, -0.15) is 0 Å². The third-order valence-electron chi connectivity index (χ3n) is 4.08. The van der Waals surface area contributed by atoms with Gasteiger partial charge in [-0.05, 0) is 31.3 Å². The Morgan fingerprint density at radius 1 is 1.58 bits per heavy atom. The molecule has 0 bridgehead atoms. The van der Waals surface area contributed by atoms with E-state index >= 15 is 0 Å². The van der Waals surface area contributed by atoms with Gasteiger partial charge in [0.15, 0.2) is 0 Å². The fourth-order valence-corrected chi connectivity index (χ4v) is 2.89. The van der Waals surface area contributed by atoms with Crippen LogP contribution in [-0.2, 0) is 9.53 Å². The number of nitrogens with one attached hydrogen (secondary N) is 1. The average molecular weight is 265 g/mol. The molecule has 0 unspecified atom stereocenters. The summed E-state index contributed by atoms with van der Waals surface area (Å²) in [5.41, 5.74) is 1.42. The highest BCUT2D eigenvalue weighted by Gasteiger charge is 2.50. The van der Waals surface area contributed by atoms with Crippen molar-refractivity contribution >= 4 is 5.97 Å². The molecule has 4 heteroatoms. The molecule has 4 nitrogen and oxygen atoms in total. The third kappa shape index (κ3) is 2.90. The van der Waals surface area contributed by atoms with Crippen LogP contribution in [0.2, 0.25) is 0 Å². The number of fused-ring (bicyclic) bond motifs is 1. The summed E-state index contributed by atoms with van der Waals surface area (Å²) in [6, 6.07) is 0.567. The fraction of sp³-hybridized carbons (Fsp3) is 0.667. The first-order valence-electron chi connectivity index (χ1n) is 7.09. The van der Waals surface area contributed by atoms with Gasteiger partial charge in [-0.1, -0.05) is 19.9 Å². The lowest BCUT2D eigenvalue weighted by molar-refractivity contribution is -0.133. The maximum atomic E-state index is 11.4. The summed E-state index contributed by atoms with van der Waals surface area (Å²) in [4.78, 5) is 11.4. The van der Waals surface area contributed by atoms with Crippen LogP contribution >= 0.6 is 0 Å². The van der Waals surface area contributed by atoms with E-state index in [0.29, 0.717) is 24.5 Å². The van der Waals surface area contributed by atoms with E-state index in [0.717, 1.165) is 18.4 Å². The zero-order valence-corrected chi connectivity index (χ0v) is 11.7. The average Bonchev–Trinajstić information content (AvgIpc) is 3.16. The van der Waals surface area contributed by atoms with Crippen LogP contribution in [0, 0.1) is 0 Å². The van der Waals surface area contributed by atoms with Gasteiger partial charge in [0.1, 0.15) is 0 Å². The van der Waals surface area contributed by atoms with Crippen molar-refractivity contribution in [1.29, 1.82) is 0 Å². The Labute approximate surface area is 114 Å². The molecule has 2 N–H and O–H groups in total. The normalized spacial score (nSPS) is 29.3. The molecular formula is C15H23NO3. The predicted molar refractivity (Wildman–Crippen MR) is 74.0 cm³/mol. The predicted octanol–water partition coefficient (Wildman–Crippen LogP) is 2.26. The van der Waals surface area contributed by atoms with Crippen LogP contribution in [0.25, 0.3) is 0 Å². The summed E-state index contributed by atoms with van der Waals surface area (Å²) in [5, 5.41) is 12.7. The van der Waals surface area contributed by atoms with Crippen LogP contribution in [0.4, 0.5) is 0 Å². The molecule has 1 aliphatic heterocycles. The van der Waals surface area contributed by atoms with Gasteiger partial charge < -0.3 is 15.2 Å². The highest BCUT2D eigenvalue weighted by molar-refractivity contribution is 5.88. The van der Waals surface area contributed by atoms with Gasteiger partial charge in [-0.25, -0.2) is 4.79 Å². The number of allylic oxidation sites excluding steroid dienone is 1. The lowest BCUT2D eigenvalue weighted by atomic mass is 9.87. The summed E-state index contributed by atoms with van der Waals surface area (Å²) in [7, 11) is 0. The molecule has 1 saturated heterocycles. The molecule has 1 fully saturated rings. The van der Waals surface area contributed by atoms with Crippen LogP contribution in [0.1, 0.15) is 39.5 Å². The second-order valence-electron chi connectivity index (χ2n) is 5.30. The highest BCUT2D eigenvalue weighted by atomic mass is 16.5. The number of carbonyl (C=O) groups is 1. The second-order valence-corrected chi connectivity index (χ2v) is 5.30. The van der Waals surface area contributed by atoms with Crippen molar-refractivity contribution in [3.05, 3.63) is 23.8 Å². The fourth-order valence-electron chi connectivity index (χ4n) is 2.89. The summed E-state index contributed by atoms with van der Waals surface area (Å²) in [6.07, 6.45) is 4.96. The van der Waals surface area contributed by atoms with Crippen molar-refractivity contribution < 1.29 is 14.6 Å². The van der Waals surface area contributed by atoms with Gasteiger partial charge in [0.05, 0.1) is 18.2 Å². The van der Waals surface area contributed by atoms with Crippen LogP contribution < -0.4 is 5.32 Å². The van der Waals surface area contributed by atoms with Gasteiger partial charge in [0, 0.05) is 11.6 Å². The lowest BCUT2D eigenvalue weighted by Crippen LogP contribution is -2.34. The number of aliphatic carboxylic acids is 1. The first-order chi connectivity index (χ1) is 9.12. The maximum Gasteiger partial charge on any atom is 0.331 e. The number of hydrogen-bond acceptors (Lipinski definition) is 3. The van der Waals surface area contributed by atoms with E-state index in [-0.39, 0.29) is 18.2 Å². The number of ether oxygens (including phenoxy) is 1. The number of carboxylic acid groups (broad SMARTS) is 1. The van der Waals surface area contributed by atoms with Crippen molar-refractivity contribution in [2.24, 2.45) is 0 Å². The van der Waals surface area contributed by atoms with Crippen molar-refractivity contribution in [2.75, 3.05) is 0 Å². The van der Waals surface area contributed by atoms with E-state index in [4.69, 9.17) is 4.74 Å². The maximum absolute atomic E-state index is 11.4. The van der Waals surface area contributed by atoms with Crippen molar-refractivity contribution in [1.82, 2.24) is 5.32 Å². The first-order valence-corrected chi connectivity index (χ1v) is 7.09. The van der Waals surface area contributed by atoms with Gasteiger partial charge in [-0.15, -0.1) is 6.58 Å². The van der Waals surface area contributed by atoms with Crippen LogP contribution in [0.15, 0.2) is 23.8 Å². The van der Waals surface area contributed by atoms with Crippen LogP contribution in [0.5, 0.6) is 0 Å². The highest BCUT2D eigenvalue weighted by Crippen LogP contribution is 2.38. The summed E-state index contributed by atoms with van der Waals surface area (Å²) >= 11 is 0. The Morgan fingerprint density at radius 2 is 2.26 bits per heavy atom. The van der Waals surface area contributed by atoms with Gasteiger partial charge in [0.2, 0.25) is 0 Å². The minimum absolute atomic E-state index is 0.104. The van der Waals surface area contributed by atoms with Crippen LogP contribution in [-0.4, -0.2) is 35.4 Å². The number of rotatable bonds is 7. The van der Waals surface area contributed by atoms with E-state index in [1.807, 2.05) is 0 Å². The monoisotopic (exact) mass is 265 g/mol. The molecule has 0 saturated carbocycles. The Bertz CT molecular complexity index is 398. The van der Waals surface area contributed by atoms with E-state index in [2.05, 4.69) is 25.7 Å². The molecular weight excluding hydrogens is 242 g/mol. The Morgan fingerprint density at radius 3 is 2.79 bits per heavy atom. The molecule has 1 aliphatic carbocycles. The molecule has 1 heterocycles. The summed E-state index contributed by atoms with van der Waals surface area (Å²) in [6.45, 7) is 7.94. The Balaban J connectivity index is 2.24. The Kier molecular flexibility index (Phi) is 4.42. The zero-order chi connectivity index (χ0) is 14.0. The van der Waals surface area contributed by atoms with E-state index in [1.165, 1.54) is 0 Å². The molecule has 3 atom stereocenters. The third-order valence-corrected chi connectivity index (χ3v) is 4.08. The quantitative estimate of drug-likeness (QED) is 0.547. The minimum Gasteiger partial charge on any atom is -0.478 e. The molecule has 0 amide bonds. The molecule has 0 aromatic carbocycles. The zero-order valence-electron chi connectivity index (χ0n) is 11.7. The number of hydrogen-bond donors (Lipinski definition) is 2. The number of carboxylic acids is 1. The largest absolute Gasteiger partial charge is 0.478 e. The van der Waals surface area contributed by atoms with Gasteiger partial charge in [-0.3, -0.25) is 0 Å². The van der Waals surface area contributed by atoms with Gasteiger partial charge in [0.25, 0.3) is 0 Å². The Hall–Kier alpha value is -1.13. The van der Waals surface area contributed by atoms with Crippen LogP contribution in [0.3, 0.4) is 0 Å². The topological polar surface area (TPSA) is 68.5 Å². The lowest BCUT2D eigenvalue weighted by Gasteiger charge is -2.29. The van der Waals surface area contributed by atoms with Gasteiger partial charge >= 0.3 is 5.97 Å². The molecule has 0 spiro atoms. The molecule has 0 aromatic rings. The SMILES string of the molecule is C=CCC1=C(C(=O)O)C[C@H]2N[C@@H]2[C@@H]1OC(CC)CC. The smallest absolute Gasteiger partial charge is 0.331 e. The molecule has 2 rings (SSSR count). The van der Waals surface area contributed by atoms with Crippen molar-refractivity contribution in [3.63, 3.8) is 0 Å². The van der Waals surface area contributed by atoms with E-state index in [1.54, 1.807) is 6.08 Å². The molecule has 0 radical (unpaired) electrons. The summed E-state index contributed by atoms with van der Waals surface area (Å²) in [5.74, 6) is -0.817. The van der Waals surface area contributed by atoms with Crippen molar-refractivity contribution in [3.8, 4) is 0 Å². The first kappa shape index (κ1) is 14.3. The standard InChI is InChI=1S/C15H23NO3/c1-4-7-10-11(15(17)18)8-12-13(16-12)14(10)19-9(5-2)6-3/h4,9,12-14,16H,1,5-8H2,2-3H3,(H,17,18)/t12-,13+,14-/m1/s1. The molecule has 106 valence electrons. The second kappa shape index (κ2) is 5.88. The summed E-state index contributed by atoms with van der Waals surface area (Å²) < 4.78 is 6.16. The van der Waals surface area contributed by atoms with E-state index in [9.17, 15) is 9.90 Å². The molecule has 19 heavy (non-hydrogen) atoms. The molecule has 0 aromatic heterocycles. The molecule has 2 aliphatic rings. The van der Waals surface area contributed by atoms with Crippen molar-refractivity contribution in [2.45, 2.75) is 63.8 Å². The minimum atomic E-state index is -0.817.